The molecule has 208 valence electrons. The molecule has 0 spiro atoms. The lowest BCUT2D eigenvalue weighted by molar-refractivity contribution is -0.187. The molecule has 10 heteroatoms. The molecule has 3 aromatic rings. The molecule has 0 unspecified atom stereocenters. The van der Waals surface area contributed by atoms with E-state index in [2.05, 4.69) is 5.32 Å². The quantitative estimate of drug-likeness (QED) is 0.497. The summed E-state index contributed by atoms with van der Waals surface area (Å²) in [4.78, 5) is 44.0. The molecule has 0 saturated carbocycles. The van der Waals surface area contributed by atoms with Gasteiger partial charge in [0.05, 0.1) is 13.1 Å². The van der Waals surface area contributed by atoms with Crippen LogP contribution in [0.2, 0.25) is 0 Å². The van der Waals surface area contributed by atoms with Gasteiger partial charge in [-0.15, -0.1) is 0 Å². The molecule has 2 aliphatic heterocycles. The highest BCUT2D eigenvalue weighted by molar-refractivity contribution is 5.91. The first kappa shape index (κ1) is 27.1. The summed E-state index contributed by atoms with van der Waals surface area (Å²) in [5.41, 5.74) is 3.56. The number of hydrazine groups is 1. The number of rotatable bonds is 6. The molecule has 0 bridgehead atoms. The Balaban J connectivity index is 1.44. The Hall–Kier alpha value is -4.44. The summed E-state index contributed by atoms with van der Waals surface area (Å²) >= 11 is 0. The average Bonchev–Trinajstić information content (AvgIpc) is 2.93. The van der Waals surface area contributed by atoms with Crippen LogP contribution >= 0.6 is 0 Å². The van der Waals surface area contributed by atoms with Crippen molar-refractivity contribution in [3.05, 3.63) is 101 Å². The van der Waals surface area contributed by atoms with E-state index in [1.54, 1.807) is 53.4 Å². The van der Waals surface area contributed by atoms with Crippen LogP contribution in [0, 0.1) is 12.7 Å². The van der Waals surface area contributed by atoms with E-state index in [0.717, 1.165) is 22.3 Å². The second-order valence-corrected chi connectivity index (χ2v) is 10.3. The molecule has 2 saturated heterocycles. The number of halogens is 1. The van der Waals surface area contributed by atoms with Crippen molar-refractivity contribution in [1.82, 2.24) is 25.1 Å². The molecule has 0 aromatic heterocycles. The summed E-state index contributed by atoms with van der Waals surface area (Å²) in [7, 11) is 1.67. The molecule has 0 aliphatic carbocycles. The third-order valence-electron chi connectivity index (χ3n) is 7.36. The lowest BCUT2D eigenvalue weighted by Gasteiger charge is -2.54. The van der Waals surface area contributed by atoms with Crippen LogP contribution in [0.5, 0.6) is 5.75 Å². The third-order valence-corrected chi connectivity index (χ3v) is 7.36. The van der Waals surface area contributed by atoms with Crippen molar-refractivity contribution >= 4 is 17.8 Å². The van der Waals surface area contributed by atoms with Gasteiger partial charge >= 0.3 is 6.03 Å². The number of nitrogens with zero attached hydrogens (tertiary/aromatic N) is 4. The van der Waals surface area contributed by atoms with Gasteiger partial charge in [0.15, 0.2) is 0 Å². The van der Waals surface area contributed by atoms with Crippen LogP contribution in [-0.2, 0) is 29.1 Å². The van der Waals surface area contributed by atoms with Crippen molar-refractivity contribution in [2.75, 3.05) is 20.1 Å². The molecule has 3 aromatic carbocycles. The summed E-state index contributed by atoms with van der Waals surface area (Å²) in [6.07, 6.45) is -0.495. The number of phenolic OH excluding ortho intramolecular Hbond substituents is 1. The minimum absolute atomic E-state index is 0.0716. The fourth-order valence-corrected chi connectivity index (χ4v) is 5.28. The molecular weight excluding hydrogens is 513 g/mol. The van der Waals surface area contributed by atoms with Crippen molar-refractivity contribution in [2.24, 2.45) is 0 Å². The number of amides is 4. The lowest BCUT2D eigenvalue weighted by atomic mass is 9.98. The molecule has 4 amide bonds. The number of aryl methyl sites for hydroxylation is 1. The Morgan fingerprint density at radius 1 is 0.950 bits per heavy atom. The van der Waals surface area contributed by atoms with E-state index in [-0.39, 0.29) is 49.4 Å². The Kier molecular flexibility index (Phi) is 7.70. The number of benzene rings is 3. The normalized spacial score (nSPS) is 19.5. The number of hydrogen-bond donors (Lipinski definition) is 2. The maximum absolute atomic E-state index is 13.9. The molecule has 40 heavy (non-hydrogen) atoms. The highest BCUT2D eigenvalue weighted by Gasteiger charge is 2.50. The van der Waals surface area contributed by atoms with Crippen molar-refractivity contribution in [3.8, 4) is 5.75 Å². The smallest absolute Gasteiger partial charge is 0.334 e. The molecule has 9 nitrogen and oxygen atoms in total. The Morgan fingerprint density at radius 3 is 2.25 bits per heavy atom. The zero-order valence-electron chi connectivity index (χ0n) is 22.5. The summed E-state index contributed by atoms with van der Waals surface area (Å²) < 4.78 is 13.3. The van der Waals surface area contributed by atoms with Crippen LogP contribution in [0.3, 0.4) is 0 Å². The van der Waals surface area contributed by atoms with Crippen LogP contribution in [0.4, 0.5) is 9.18 Å². The number of carbonyl (C=O) groups is 3. The Bertz CT molecular complexity index is 1380. The number of nitrogens with one attached hydrogen (secondary N) is 1. The van der Waals surface area contributed by atoms with Crippen molar-refractivity contribution in [3.63, 3.8) is 0 Å². The van der Waals surface area contributed by atoms with Gasteiger partial charge in [-0.2, -0.15) is 0 Å². The molecule has 0 radical (unpaired) electrons. The van der Waals surface area contributed by atoms with E-state index in [4.69, 9.17) is 0 Å². The predicted molar refractivity (Wildman–Crippen MR) is 146 cm³/mol. The number of piperazine rings is 1. The number of carbonyl (C=O) groups excluding carboxylic acids is 3. The Morgan fingerprint density at radius 2 is 1.57 bits per heavy atom. The van der Waals surface area contributed by atoms with E-state index < -0.39 is 18.2 Å². The van der Waals surface area contributed by atoms with Crippen LogP contribution < -0.4 is 5.32 Å². The van der Waals surface area contributed by atoms with Gasteiger partial charge in [-0.05, 0) is 47.9 Å². The van der Waals surface area contributed by atoms with Gasteiger partial charge in [0.1, 0.15) is 23.8 Å². The topological polar surface area (TPSA) is 96.4 Å². The van der Waals surface area contributed by atoms with Crippen LogP contribution in [0.1, 0.15) is 22.3 Å². The van der Waals surface area contributed by atoms with E-state index in [9.17, 15) is 23.9 Å². The molecule has 5 rings (SSSR count). The fraction of sp³-hybridized carbons (Fsp3) is 0.300. The minimum Gasteiger partial charge on any atom is -0.508 e. The number of urea groups is 1. The zero-order chi connectivity index (χ0) is 28.4. The minimum atomic E-state index is -0.831. The molecule has 2 atom stereocenters. The second-order valence-electron chi connectivity index (χ2n) is 10.3. The first-order chi connectivity index (χ1) is 19.2. The van der Waals surface area contributed by atoms with E-state index >= 15 is 0 Å². The standard InChI is InChI=1S/C30H32FN5O4/c1-20-3-5-23(6-4-20)17-34-18-27-35(26(29(34)39)15-21-9-13-25(37)14-10-21)28(38)19-33(2)36(27)30(40)32-16-22-7-11-24(31)12-8-22/h3-14,26-27,37H,15-19H2,1-2H3,(H,32,40)/t26-,27-/m0/s1. The molecule has 2 fully saturated rings. The summed E-state index contributed by atoms with van der Waals surface area (Å²) in [6, 6.07) is 19.0. The van der Waals surface area contributed by atoms with Crippen molar-refractivity contribution < 1.29 is 23.9 Å². The maximum atomic E-state index is 13.9. The second kappa shape index (κ2) is 11.4. The van der Waals surface area contributed by atoms with Crippen LogP contribution in [0.15, 0.2) is 72.8 Å². The van der Waals surface area contributed by atoms with Gasteiger partial charge in [-0.25, -0.2) is 19.2 Å². The van der Waals surface area contributed by atoms with Gasteiger partial charge in [0.25, 0.3) is 0 Å². The van der Waals surface area contributed by atoms with E-state index in [0.29, 0.717) is 6.54 Å². The average molecular weight is 546 g/mol. The predicted octanol–water partition coefficient (Wildman–Crippen LogP) is 3.02. The number of phenols is 1. The van der Waals surface area contributed by atoms with Gasteiger partial charge in [-0.1, -0.05) is 54.1 Å². The first-order valence-corrected chi connectivity index (χ1v) is 13.2. The van der Waals surface area contributed by atoms with Gasteiger partial charge in [-0.3, -0.25) is 9.59 Å². The Labute approximate surface area is 232 Å². The largest absolute Gasteiger partial charge is 0.508 e. The first-order valence-electron chi connectivity index (χ1n) is 13.2. The third kappa shape index (κ3) is 5.76. The summed E-state index contributed by atoms with van der Waals surface area (Å²) in [5, 5.41) is 15.7. The SMILES string of the molecule is Cc1ccc(CN2C[C@H]3N(C(=O)CN(C)N3C(=O)NCc3ccc(F)cc3)[C@@H](Cc3ccc(O)cc3)C2=O)cc1. The van der Waals surface area contributed by atoms with Gasteiger partial charge in [0.2, 0.25) is 11.8 Å². The number of hydrogen-bond acceptors (Lipinski definition) is 5. The lowest BCUT2D eigenvalue weighted by Crippen LogP contribution is -2.76. The fourth-order valence-electron chi connectivity index (χ4n) is 5.28. The molecule has 2 N–H and O–H groups in total. The number of aromatic hydroxyl groups is 1. The van der Waals surface area contributed by atoms with E-state index in [1.165, 1.54) is 22.0 Å². The van der Waals surface area contributed by atoms with Gasteiger partial charge < -0.3 is 20.2 Å². The zero-order valence-corrected chi connectivity index (χ0v) is 22.5. The van der Waals surface area contributed by atoms with Crippen molar-refractivity contribution in [1.29, 1.82) is 0 Å². The van der Waals surface area contributed by atoms with Crippen LogP contribution in [0.25, 0.3) is 0 Å². The van der Waals surface area contributed by atoms with Gasteiger partial charge in [0, 0.05) is 26.6 Å². The highest BCUT2D eigenvalue weighted by atomic mass is 19.1. The maximum Gasteiger partial charge on any atom is 0.334 e. The summed E-state index contributed by atoms with van der Waals surface area (Å²) in [6.45, 7) is 2.56. The summed E-state index contributed by atoms with van der Waals surface area (Å²) in [5.74, 6) is -0.700. The molecular formula is C30H32FN5O4. The molecule has 2 aliphatic rings. The van der Waals surface area contributed by atoms with Crippen molar-refractivity contribution in [2.45, 2.75) is 38.6 Å². The molecule has 2 heterocycles. The highest BCUT2D eigenvalue weighted by Crippen LogP contribution is 2.29. The number of likely N-dealkylation sites (N-methyl/N-ethyl adjacent to an activating group) is 1. The van der Waals surface area contributed by atoms with E-state index in [1.807, 2.05) is 31.2 Å². The monoisotopic (exact) mass is 545 g/mol. The number of fused-ring (bicyclic) bond motifs is 1. The van der Waals surface area contributed by atoms with Crippen LogP contribution in [-0.4, -0.2) is 75.1 Å².